The van der Waals surface area contributed by atoms with Crippen molar-refractivity contribution in [3.05, 3.63) is 52.7 Å². The van der Waals surface area contributed by atoms with Crippen LogP contribution in [0.2, 0.25) is 0 Å². The molecule has 2 N–H and O–H groups in total. The van der Waals surface area contributed by atoms with Gasteiger partial charge in [0.1, 0.15) is 19.0 Å². The van der Waals surface area contributed by atoms with Gasteiger partial charge in [-0.3, -0.25) is 9.59 Å². The van der Waals surface area contributed by atoms with Gasteiger partial charge in [-0.2, -0.15) is 0 Å². The number of pyridine rings is 1. The van der Waals surface area contributed by atoms with Crippen molar-refractivity contribution in [2.45, 2.75) is 20.1 Å². The highest BCUT2D eigenvalue weighted by molar-refractivity contribution is 6.62. The van der Waals surface area contributed by atoms with Crippen LogP contribution in [0.1, 0.15) is 27.2 Å². The molecule has 0 spiro atoms. The summed E-state index contributed by atoms with van der Waals surface area (Å²) < 4.78 is 10.5. The highest BCUT2D eigenvalue weighted by Gasteiger charge is 2.31. The average Bonchev–Trinajstić information content (AvgIpc) is 3.18. The van der Waals surface area contributed by atoms with Crippen LogP contribution in [0.25, 0.3) is 0 Å². The third-order valence-corrected chi connectivity index (χ3v) is 5.89. The highest BCUT2D eigenvalue weighted by Crippen LogP contribution is 2.17. The van der Waals surface area contributed by atoms with Crippen molar-refractivity contribution < 1.29 is 24.0 Å². The SMILES string of the molecule is Cc1c(C(=O)NCC(=O)OCc2cccc(N3CCN(C)CC3)n2)ccc2c1B(O)OC2. The minimum Gasteiger partial charge on any atom is -0.458 e. The van der Waals surface area contributed by atoms with Crippen molar-refractivity contribution in [2.24, 2.45) is 0 Å². The summed E-state index contributed by atoms with van der Waals surface area (Å²) in [6.45, 7) is 5.63. The van der Waals surface area contributed by atoms with E-state index in [1.807, 2.05) is 18.2 Å². The zero-order chi connectivity index (χ0) is 22.7. The van der Waals surface area contributed by atoms with Gasteiger partial charge in [0.15, 0.2) is 0 Å². The molecule has 1 amide bonds. The zero-order valence-electron chi connectivity index (χ0n) is 18.3. The number of aromatic nitrogens is 1. The van der Waals surface area contributed by atoms with Gasteiger partial charge >= 0.3 is 13.1 Å². The first-order chi connectivity index (χ1) is 15.4. The Morgan fingerprint density at radius 3 is 2.78 bits per heavy atom. The molecule has 9 nitrogen and oxygen atoms in total. The van der Waals surface area contributed by atoms with Crippen LogP contribution in [0.5, 0.6) is 0 Å². The molecule has 0 atom stereocenters. The van der Waals surface area contributed by atoms with E-state index in [4.69, 9.17) is 9.39 Å². The van der Waals surface area contributed by atoms with Crippen molar-refractivity contribution in [3.63, 3.8) is 0 Å². The number of carbonyl (C=O) groups excluding carboxylic acids is 2. The molecule has 1 fully saturated rings. The molecular formula is C22H27BN4O5. The second-order valence-electron chi connectivity index (χ2n) is 8.10. The van der Waals surface area contributed by atoms with E-state index in [1.54, 1.807) is 19.1 Å². The molecule has 1 aromatic heterocycles. The quantitative estimate of drug-likeness (QED) is 0.474. The molecule has 2 aliphatic rings. The number of benzene rings is 1. The third kappa shape index (κ3) is 4.93. The molecule has 1 aromatic carbocycles. The Bertz CT molecular complexity index is 1010. The van der Waals surface area contributed by atoms with Crippen LogP contribution in [0.4, 0.5) is 5.82 Å². The van der Waals surface area contributed by atoms with E-state index in [0.29, 0.717) is 28.9 Å². The largest absolute Gasteiger partial charge is 0.492 e. The van der Waals surface area contributed by atoms with Crippen LogP contribution >= 0.6 is 0 Å². The minimum absolute atomic E-state index is 0.0394. The molecule has 0 unspecified atom stereocenters. The number of amides is 1. The first kappa shape index (κ1) is 22.3. The lowest BCUT2D eigenvalue weighted by atomic mass is 9.75. The standard InChI is InChI=1S/C22H27BN4O5/c1-15-18(7-6-16-13-32-23(30)21(15)16)22(29)24-12-20(28)31-14-17-4-3-5-19(25-17)27-10-8-26(2)9-11-27/h3-7,30H,8-14H2,1-2H3,(H,24,29). The van der Waals surface area contributed by atoms with Gasteiger partial charge in [0.2, 0.25) is 0 Å². The van der Waals surface area contributed by atoms with Crippen LogP contribution in [0, 0.1) is 6.92 Å². The number of fused-ring (bicyclic) bond motifs is 1. The first-order valence-electron chi connectivity index (χ1n) is 10.7. The van der Waals surface area contributed by atoms with Gasteiger partial charge in [-0.15, -0.1) is 0 Å². The van der Waals surface area contributed by atoms with E-state index in [-0.39, 0.29) is 13.2 Å². The smallest absolute Gasteiger partial charge is 0.458 e. The molecule has 2 aliphatic heterocycles. The summed E-state index contributed by atoms with van der Waals surface area (Å²) in [5.74, 6) is -0.0814. The molecule has 32 heavy (non-hydrogen) atoms. The Kier molecular flexibility index (Phi) is 6.73. The second kappa shape index (κ2) is 9.68. The van der Waals surface area contributed by atoms with Gasteiger partial charge in [-0.1, -0.05) is 12.1 Å². The number of rotatable bonds is 6. The fourth-order valence-corrected chi connectivity index (χ4v) is 3.96. The number of nitrogens with zero attached hydrogens (tertiary/aromatic N) is 3. The zero-order valence-corrected chi connectivity index (χ0v) is 18.3. The van der Waals surface area contributed by atoms with Crippen molar-refractivity contribution in [3.8, 4) is 0 Å². The number of anilines is 1. The average molecular weight is 438 g/mol. The van der Waals surface area contributed by atoms with E-state index in [2.05, 4.69) is 27.1 Å². The Labute approximate surface area is 187 Å². The molecular weight excluding hydrogens is 411 g/mol. The molecule has 168 valence electrons. The number of piperazine rings is 1. The van der Waals surface area contributed by atoms with Crippen LogP contribution in [-0.4, -0.2) is 73.7 Å². The van der Waals surface area contributed by atoms with E-state index in [9.17, 15) is 14.6 Å². The predicted molar refractivity (Wildman–Crippen MR) is 120 cm³/mol. The summed E-state index contributed by atoms with van der Waals surface area (Å²) in [6, 6.07) is 9.10. The first-order valence-corrected chi connectivity index (χ1v) is 10.7. The maximum absolute atomic E-state index is 12.5. The Balaban J connectivity index is 1.28. The number of carbonyl (C=O) groups is 2. The maximum Gasteiger partial charge on any atom is 0.492 e. The molecule has 0 radical (unpaired) electrons. The van der Waals surface area contributed by atoms with Crippen LogP contribution in [0.15, 0.2) is 30.3 Å². The summed E-state index contributed by atoms with van der Waals surface area (Å²) in [5, 5.41) is 12.5. The fourth-order valence-electron chi connectivity index (χ4n) is 3.96. The number of ether oxygens (including phenoxy) is 1. The summed E-state index contributed by atoms with van der Waals surface area (Å²) >= 11 is 0. The topological polar surface area (TPSA) is 104 Å². The maximum atomic E-state index is 12.5. The van der Waals surface area contributed by atoms with E-state index >= 15 is 0 Å². The summed E-state index contributed by atoms with van der Waals surface area (Å²) in [6.07, 6.45) is 0. The fraction of sp³-hybridized carbons (Fsp3) is 0.409. The molecule has 0 bridgehead atoms. The van der Waals surface area contributed by atoms with Gasteiger partial charge in [-0.05, 0) is 48.8 Å². The molecule has 10 heteroatoms. The van der Waals surface area contributed by atoms with Crippen molar-refractivity contribution in [2.75, 3.05) is 44.7 Å². The molecule has 4 rings (SSSR count). The normalized spacial score (nSPS) is 16.1. The van der Waals surface area contributed by atoms with Gasteiger partial charge in [0.25, 0.3) is 5.91 Å². The summed E-state index contributed by atoms with van der Waals surface area (Å²) in [5.41, 5.74) is 3.17. The van der Waals surface area contributed by atoms with E-state index in [0.717, 1.165) is 37.6 Å². The van der Waals surface area contributed by atoms with Gasteiger partial charge in [0.05, 0.1) is 12.3 Å². The minimum atomic E-state index is -1.03. The summed E-state index contributed by atoms with van der Waals surface area (Å²) in [7, 11) is 1.07. The van der Waals surface area contributed by atoms with Crippen LogP contribution in [-0.2, 0) is 27.4 Å². The lowest BCUT2D eigenvalue weighted by Gasteiger charge is -2.33. The van der Waals surface area contributed by atoms with Gasteiger partial charge in [0, 0.05) is 31.7 Å². The monoisotopic (exact) mass is 438 g/mol. The van der Waals surface area contributed by atoms with Crippen molar-refractivity contribution in [1.82, 2.24) is 15.2 Å². The predicted octanol–water partition coefficient (Wildman–Crippen LogP) is -0.167. The molecule has 0 aliphatic carbocycles. The summed E-state index contributed by atoms with van der Waals surface area (Å²) in [4.78, 5) is 33.8. The lowest BCUT2D eigenvalue weighted by Crippen LogP contribution is -2.44. The number of likely N-dealkylation sites (N-methyl/N-ethyl adjacent to an activating group) is 1. The molecule has 2 aromatic rings. The number of hydrogen-bond donors (Lipinski definition) is 2. The van der Waals surface area contributed by atoms with E-state index < -0.39 is 19.0 Å². The Morgan fingerprint density at radius 2 is 2.00 bits per heavy atom. The second-order valence-corrected chi connectivity index (χ2v) is 8.10. The van der Waals surface area contributed by atoms with Crippen molar-refractivity contribution >= 4 is 30.3 Å². The third-order valence-electron chi connectivity index (χ3n) is 5.89. The number of nitrogens with one attached hydrogen (secondary N) is 1. The molecule has 3 heterocycles. The number of hydrogen-bond acceptors (Lipinski definition) is 8. The van der Waals surface area contributed by atoms with Crippen molar-refractivity contribution in [1.29, 1.82) is 0 Å². The number of esters is 1. The van der Waals surface area contributed by atoms with E-state index in [1.165, 1.54) is 0 Å². The van der Waals surface area contributed by atoms with Gasteiger partial charge in [-0.25, -0.2) is 4.98 Å². The molecule has 1 saturated heterocycles. The Morgan fingerprint density at radius 1 is 1.22 bits per heavy atom. The highest BCUT2D eigenvalue weighted by atomic mass is 16.5. The molecule has 0 saturated carbocycles. The van der Waals surface area contributed by atoms with Gasteiger partial charge < -0.3 is 29.5 Å². The van der Waals surface area contributed by atoms with Crippen LogP contribution in [0.3, 0.4) is 0 Å². The van der Waals surface area contributed by atoms with Crippen LogP contribution < -0.4 is 15.7 Å². The Hall–Kier alpha value is -2.95. The lowest BCUT2D eigenvalue weighted by molar-refractivity contribution is -0.143.